The van der Waals surface area contributed by atoms with Crippen molar-refractivity contribution in [2.45, 2.75) is 39.5 Å². The van der Waals surface area contributed by atoms with Crippen LogP contribution in [-0.2, 0) is 11.2 Å². The van der Waals surface area contributed by atoms with Crippen molar-refractivity contribution in [2.24, 2.45) is 0 Å². The minimum atomic E-state index is -0.117. The molecule has 0 unspecified atom stereocenters. The molecule has 0 bridgehead atoms. The predicted molar refractivity (Wildman–Crippen MR) is 97.6 cm³/mol. The molecular weight excluding hydrogens is 336 g/mol. The van der Waals surface area contributed by atoms with Gasteiger partial charge in [0, 0.05) is 29.7 Å². The Hall–Kier alpha value is -2.54. The number of aromatic nitrogens is 3. The predicted octanol–water partition coefficient (Wildman–Crippen LogP) is 4.20. The molecule has 0 aliphatic carbocycles. The van der Waals surface area contributed by atoms with Crippen LogP contribution in [0.15, 0.2) is 34.2 Å². The maximum absolute atomic E-state index is 12.1. The van der Waals surface area contributed by atoms with E-state index < -0.39 is 0 Å². The van der Waals surface area contributed by atoms with Crippen LogP contribution in [0.3, 0.4) is 0 Å². The summed E-state index contributed by atoms with van der Waals surface area (Å²) in [5.74, 6) is 1.24. The molecule has 0 spiro atoms. The Balaban J connectivity index is 1.55. The first kappa shape index (κ1) is 17.3. The van der Waals surface area contributed by atoms with Gasteiger partial charge in [-0.2, -0.15) is 4.98 Å². The number of hydrogen-bond donors (Lipinski definition) is 1. The number of benzene rings is 1. The Morgan fingerprint density at radius 2 is 2.00 bits per heavy atom. The lowest BCUT2D eigenvalue weighted by molar-refractivity contribution is -0.116. The molecule has 2 aromatic heterocycles. The summed E-state index contributed by atoms with van der Waals surface area (Å²) in [5, 5.41) is 9.24. The van der Waals surface area contributed by atoms with Gasteiger partial charge in [-0.25, -0.2) is 4.98 Å². The third kappa shape index (κ3) is 4.51. The molecular formula is C18H20N4O2S. The summed E-state index contributed by atoms with van der Waals surface area (Å²) in [6, 6.07) is 8.14. The van der Waals surface area contributed by atoms with Crippen LogP contribution in [0.1, 0.15) is 43.5 Å². The Kier molecular flexibility index (Phi) is 5.23. The van der Waals surface area contributed by atoms with Gasteiger partial charge in [0.15, 0.2) is 11.0 Å². The van der Waals surface area contributed by atoms with Crippen molar-refractivity contribution in [1.82, 2.24) is 15.1 Å². The van der Waals surface area contributed by atoms with Gasteiger partial charge >= 0.3 is 0 Å². The van der Waals surface area contributed by atoms with Crippen molar-refractivity contribution in [2.75, 3.05) is 5.32 Å². The number of nitrogens with zero attached hydrogens (tertiary/aromatic N) is 3. The minimum Gasteiger partial charge on any atom is -0.339 e. The first-order valence-corrected chi connectivity index (χ1v) is 9.04. The highest BCUT2D eigenvalue weighted by Crippen LogP contribution is 2.25. The molecule has 3 aromatic rings. The normalized spacial score (nSPS) is 11.0. The second-order valence-corrected chi connectivity index (χ2v) is 7.01. The van der Waals surface area contributed by atoms with Crippen LogP contribution in [0.4, 0.5) is 5.13 Å². The van der Waals surface area contributed by atoms with Gasteiger partial charge < -0.3 is 9.84 Å². The summed E-state index contributed by atoms with van der Waals surface area (Å²) in [4.78, 5) is 20.8. The molecule has 0 saturated heterocycles. The highest BCUT2D eigenvalue weighted by molar-refractivity contribution is 7.14. The quantitative estimate of drug-likeness (QED) is 0.716. The van der Waals surface area contributed by atoms with Crippen LogP contribution in [0, 0.1) is 6.92 Å². The monoisotopic (exact) mass is 356 g/mol. The Morgan fingerprint density at radius 1 is 1.24 bits per heavy atom. The van der Waals surface area contributed by atoms with Gasteiger partial charge in [0.1, 0.15) is 0 Å². The topological polar surface area (TPSA) is 80.9 Å². The van der Waals surface area contributed by atoms with E-state index in [0.29, 0.717) is 23.3 Å². The third-order valence-electron chi connectivity index (χ3n) is 3.66. The summed E-state index contributed by atoms with van der Waals surface area (Å²) in [5.41, 5.74) is 3.10. The van der Waals surface area contributed by atoms with Crippen LogP contribution in [-0.4, -0.2) is 21.0 Å². The van der Waals surface area contributed by atoms with E-state index >= 15 is 0 Å². The third-order valence-corrected chi connectivity index (χ3v) is 4.42. The number of thiazole rings is 1. The lowest BCUT2D eigenvalue weighted by Gasteiger charge is -2.00. The smallest absolute Gasteiger partial charge is 0.227 e. The van der Waals surface area contributed by atoms with Gasteiger partial charge in [0.25, 0.3) is 0 Å². The molecule has 0 saturated carbocycles. The summed E-state index contributed by atoms with van der Waals surface area (Å²) in [6.07, 6.45) is 0.695. The molecule has 0 aliphatic heterocycles. The fourth-order valence-corrected chi connectivity index (χ4v) is 2.93. The Morgan fingerprint density at radius 3 is 2.68 bits per heavy atom. The van der Waals surface area contributed by atoms with E-state index in [4.69, 9.17) is 4.52 Å². The molecule has 130 valence electrons. The van der Waals surface area contributed by atoms with Crippen molar-refractivity contribution in [3.8, 4) is 11.3 Å². The molecule has 3 rings (SSSR count). The van der Waals surface area contributed by atoms with Crippen molar-refractivity contribution in [3.63, 3.8) is 0 Å². The van der Waals surface area contributed by atoms with Gasteiger partial charge in [-0.15, -0.1) is 11.3 Å². The van der Waals surface area contributed by atoms with E-state index in [2.05, 4.69) is 20.4 Å². The molecule has 0 atom stereocenters. The van der Waals surface area contributed by atoms with E-state index in [1.54, 1.807) is 0 Å². The molecule has 1 amide bonds. The fraction of sp³-hybridized carbons (Fsp3) is 0.333. The van der Waals surface area contributed by atoms with Crippen LogP contribution in [0.5, 0.6) is 0 Å². The van der Waals surface area contributed by atoms with Gasteiger partial charge in [-0.1, -0.05) is 48.8 Å². The lowest BCUT2D eigenvalue weighted by Crippen LogP contribution is -2.12. The molecule has 0 fully saturated rings. The Labute approximate surface area is 150 Å². The number of nitrogens with one attached hydrogen (secondary N) is 1. The van der Waals surface area contributed by atoms with Gasteiger partial charge in [0.05, 0.1) is 5.69 Å². The minimum absolute atomic E-state index is 0.117. The summed E-state index contributed by atoms with van der Waals surface area (Å²) in [6.45, 7) is 6.04. The lowest BCUT2D eigenvalue weighted by atomic mass is 10.1. The van der Waals surface area contributed by atoms with Crippen LogP contribution in [0.2, 0.25) is 0 Å². The number of hydrogen-bond acceptors (Lipinski definition) is 6. The molecule has 0 radical (unpaired) electrons. The SMILES string of the molecule is Cc1ccc(-c2csc(NC(=O)CCc3nc(C(C)C)no3)n2)cc1. The van der Waals surface area contributed by atoms with E-state index in [9.17, 15) is 4.79 Å². The zero-order valence-electron chi connectivity index (χ0n) is 14.4. The summed E-state index contributed by atoms with van der Waals surface area (Å²) in [7, 11) is 0. The first-order chi connectivity index (χ1) is 12.0. The molecule has 1 aromatic carbocycles. The fourth-order valence-electron chi connectivity index (χ4n) is 2.19. The highest BCUT2D eigenvalue weighted by Gasteiger charge is 2.12. The molecule has 25 heavy (non-hydrogen) atoms. The number of rotatable bonds is 6. The van der Waals surface area contributed by atoms with Crippen molar-refractivity contribution >= 4 is 22.4 Å². The van der Waals surface area contributed by atoms with Crippen molar-refractivity contribution in [3.05, 3.63) is 46.9 Å². The number of aryl methyl sites for hydroxylation is 2. The standard InChI is InChI=1S/C18H20N4O2S/c1-11(2)17-21-16(24-22-17)9-8-15(23)20-18-19-14(10-25-18)13-6-4-12(3)5-7-13/h4-7,10-11H,8-9H2,1-3H3,(H,19,20,23). The van der Waals surface area contributed by atoms with E-state index in [1.165, 1.54) is 16.9 Å². The summed E-state index contributed by atoms with van der Waals surface area (Å²) < 4.78 is 5.14. The average Bonchev–Trinajstić information content (AvgIpc) is 3.23. The molecule has 1 N–H and O–H groups in total. The van der Waals surface area contributed by atoms with Crippen LogP contribution < -0.4 is 5.32 Å². The maximum Gasteiger partial charge on any atom is 0.227 e. The largest absolute Gasteiger partial charge is 0.339 e. The number of anilines is 1. The molecule has 6 nitrogen and oxygen atoms in total. The summed E-state index contributed by atoms with van der Waals surface area (Å²) >= 11 is 1.41. The van der Waals surface area contributed by atoms with Gasteiger partial charge in [-0.05, 0) is 6.92 Å². The second-order valence-electron chi connectivity index (χ2n) is 6.15. The molecule has 2 heterocycles. The molecule has 7 heteroatoms. The highest BCUT2D eigenvalue weighted by atomic mass is 32.1. The number of carbonyl (C=O) groups excluding carboxylic acids is 1. The zero-order valence-corrected chi connectivity index (χ0v) is 15.3. The van der Waals surface area contributed by atoms with Gasteiger partial charge in [0.2, 0.25) is 11.8 Å². The van der Waals surface area contributed by atoms with Crippen LogP contribution in [0.25, 0.3) is 11.3 Å². The van der Waals surface area contributed by atoms with Crippen LogP contribution >= 0.6 is 11.3 Å². The van der Waals surface area contributed by atoms with Gasteiger partial charge in [-0.3, -0.25) is 4.79 Å². The average molecular weight is 356 g/mol. The van der Waals surface area contributed by atoms with Crippen molar-refractivity contribution < 1.29 is 9.32 Å². The number of carbonyl (C=O) groups is 1. The second kappa shape index (κ2) is 7.57. The number of amides is 1. The Bertz CT molecular complexity index is 852. The van der Waals surface area contributed by atoms with E-state index in [1.807, 2.05) is 50.4 Å². The first-order valence-electron chi connectivity index (χ1n) is 8.16. The molecule has 0 aliphatic rings. The maximum atomic E-state index is 12.1. The van der Waals surface area contributed by atoms with E-state index in [0.717, 1.165) is 11.3 Å². The van der Waals surface area contributed by atoms with Crippen molar-refractivity contribution in [1.29, 1.82) is 0 Å². The van der Waals surface area contributed by atoms with E-state index in [-0.39, 0.29) is 18.2 Å². The zero-order chi connectivity index (χ0) is 17.8.